The highest BCUT2D eigenvalue weighted by Gasteiger charge is 2.29. The van der Waals surface area contributed by atoms with Crippen molar-refractivity contribution in [2.24, 2.45) is 5.92 Å². The standard InChI is InChI=1S/C29H34BrClN6O3S2/c30-22-14-19(16-32-25(22)36-8-6-18(7-9-36)28(39)40)26(38)34-29-33-24(23-15-20(31)17-41-23)27(42-29)37-12-10-35(11-13-37)21-4-2-1-3-5-21/h14-18,21H,1-13H2,(H,39,40)(H,33,34,38). The smallest absolute Gasteiger partial charge is 0.306 e. The lowest BCUT2D eigenvalue weighted by molar-refractivity contribution is -0.142. The number of carboxylic acid groups (broad SMARTS) is 1. The first-order chi connectivity index (χ1) is 20.4. The summed E-state index contributed by atoms with van der Waals surface area (Å²) in [4.78, 5) is 42.1. The molecule has 3 fully saturated rings. The van der Waals surface area contributed by atoms with Crippen molar-refractivity contribution in [2.75, 3.05) is 54.4 Å². The van der Waals surface area contributed by atoms with Crippen LogP contribution in [0.5, 0.6) is 0 Å². The second kappa shape index (κ2) is 13.2. The number of pyridine rings is 1. The first-order valence-corrected chi connectivity index (χ1v) is 17.4. The number of piperazine rings is 1. The van der Waals surface area contributed by atoms with Crippen molar-refractivity contribution in [2.45, 2.75) is 51.0 Å². The van der Waals surface area contributed by atoms with Gasteiger partial charge in [-0.25, -0.2) is 9.97 Å². The van der Waals surface area contributed by atoms with Crippen LogP contribution in [0.15, 0.2) is 28.2 Å². The van der Waals surface area contributed by atoms with Crippen molar-refractivity contribution in [1.29, 1.82) is 0 Å². The van der Waals surface area contributed by atoms with E-state index in [9.17, 15) is 14.7 Å². The van der Waals surface area contributed by atoms with Gasteiger partial charge < -0.3 is 14.9 Å². The first-order valence-electron chi connectivity index (χ1n) is 14.5. The van der Waals surface area contributed by atoms with Gasteiger partial charge in [-0.1, -0.05) is 42.2 Å². The van der Waals surface area contributed by atoms with Crippen LogP contribution in [0.1, 0.15) is 55.3 Å². The number of hydrogen-bond donors (Lipinski definition) is 2. The zero-order valence-electron chi connectivity index (χ0n) is 23.2. The normalized spacial score (nSPS) is 19.3. The summed E-state index contributed by atoms with van der Waals surface area (Å²) in [6, 6.07) is 4.41. The number of nitrogens with zero attached hydrogens (tertiary/aromatic N) is 5. The summed E-state index contributed by atoms with van der Waals surface area (Å²) >= 11 is 12.9. The van der Waals surface area contributed by atoms with E-state index in [4.69, 9.17) is 16.6 Å². The topological polar surface area (TPSA) is 102 Å². The molecule has 3 aromatic rings. The van der Waals surface area contributed by atoms with E-state index >= 15 is 0 Å². The van der Waals surface area contributed by atoms with E-state index < -0.39 is 5.97 Å². The van der Waals surface area contributed by atoms with Crippen LogP contribution in [-0.2, 0) is 4.79 Å². The Hall–Kier alpha value is -2.25. The minimum Gasteiger partial charge on any atom is -0.481 e. The van der Waals surface area contributed by atoms with Crippen molar-refractivity contribution in [1.82, 2.24) is 14.9 Å². The molecule has 1 aliphatic carbocycles. The van der Waals surface area contributed by atoms with Crippen LogP contribution in [0.2, 0.25) is 5.02 Å². The third-order valence-electron chi connectivity index (χ3n) is 8.55. The predicted molar refractivity (Wildman–Crippen MR) is 174 cm³/mol. The van der Waals surface area contributed by atoms with Crippen LogP contribution in [0.3, 0.4) is 0 Å². The fourth-order valence-electron chi connectivity index (χ4n) is 6.21. The summed E-state index contributed by atoms with van der Waals surface area (Å²) in [6.07, 6.45) is 9.38. The molecule has 5 heterocycles. The average Bonchev–Trinajstić information content (AvgIpc) is 3.63. The number of aliphatic carboxylic acids is 1. The number of piperidine rings is 1. The Kier molecular flexibility index (Phi) is 9.35. The highest BCUT2D eigenvalue weighted by atomic mass is 79.9. The van der Waals surface area contributed by atoms with E-state index in [0.717, 1.165) is 47.6 Å². The second-order valence-electron chi connectivity index (χ2n) is 11.2. The van der Waals surface area contributed by atoms with Gasteiger partial charge in [-0.15, -0.1) is 11.3 Å². The van der Waals surface area contributed by atoms with Crippen molar-refractivity contribution in [3.05, 3.63) is 38.8 Å². The van der Waals surface area contributed by atoms with Crippen molar-refractivity contribution in [3.8, 4) is 10.6 Å². The molecule has 2 saturated heterocycles. The molecule has 6 rings (SSSR count). The summed E-state index contributed by atoms with van der Waals surface area (Å²) in [5.41, 5.74) is 1.28. The van der Waals surface area contributed by atoms with Crippen molar-refractivity contribution in [3.63, 3.8) is 0 Å². The maximum absolute atomic E-state index is 13.3. The van der Waals surface area contributed by atoms with Crippen LogP contribution in [0.4, 0.5) is 16.0 Å². The van der Waals surface area contributed by atoms with Gasteiger partial charge in [-0.3, -0.25) is 19.8 Å². The van der Waals surface area contributed by atoms with E-state index in [0.29, 0.717) is 52.2 Å². The number of nitrogens with one attached hydrogen (secondary N) is 1. The average molecular weight is 694 g/mol. The number of thiazole rings is 1. The minimum absolute atomic E-state index is 0.280. The lowest BCUT2D eigenvalue weighted by Gasteiger charge is -2.41. The number of carbonyl (C=O) groups is 2. The van der Waals surface area contributed by atoms with Gasteiger partial charge in [0.2, 0.25) is 0 Å². The fourth-order valence-corrected chi connectivity index (χ4v) is 8.97. The van der Waals surface area contributed by atoms with Gasteiger partial charge in [0.15, 0.2) is 5.13 Å². The third-order valence-corrected chi connectivity index (χ3v) is 11.5. The zero-order chi connectivity index (χ0) is 29.2. The van der Waals surface area contributed by atoms with Crippen LogP contribution < -0.4 is 15.1 Å². The van der Waals surface area contributed by atoms with E-state index in [1.165, 1.54) is 43.4 Å². The van der Waals surface area contributed by atoms with Gasteiger partial charge in [-0.05, 0) is 53.7 Å². The SMILES string of the molecule is O=C(Nc1nc(-c2cc(Cl)cs2)c(N2CCN(C3CCCCC3)CC2)s1)c1cnc(N2CCC(C(=O)O)CC2)c(Br)c1. The highest BCUT2D eigenvalue weighted by molar-refractivity contribution is 9.10. The molecule has 0 spiro atoms. The number of thiophene rings is 1. The minimum atomic E-state index is -0.744. The van der Waals surface area contributed by atoms with Gasteiger partial charge in [0, 0.05) is 56.9 Å². The van der Waals surface area contributed by atoms with E-state index in [1.807, 2.05) is 11.4 Å². The molecule has 0 bridgehead atoms. The van der Waals surface area contributed by atoms with Crippen LogP contribution in [0, 0.1) is 5.92 Å². The number of aromatic nitrogens is 2. The second-order valence-corrected chi connectivity index (χ2v) is 14.4. The molecule has 9 nitrogen and oxygen atoms in total. The number of amides is 1. The molecule has 1 saturated carbocycles. The number of rotatable bonds is 7. The van der Waals surface area contributed by atoms with Gasteiger partial charge >= 0.3 is 5.97 Å². The number of halogens is 2. The Bertz CT molecular complexity index is 1430. The lowest BCUT2D eigenvalue weighted by atomic mass is 9.94. The van der Waals surface area contributed by atoms with Gasteiger partial charge in [0.1, 0.15) is 16.5 Å². The van der Waals surface area contributed by atoms with Gasteiger partial charge in [0.05, 0.1) is 25.9 Å². The van der Waals surface area contributed by atoms with Crippen molar-refractivity contribution < 1.29 is 14.7 Å². The van der Waals surface area contributed by atoms with E-state index in [1.54, 1.807) is 23.6 Å². The quantitative estimate of drug-likeness (QED) is 0.282. The molecule has 13 heteroatoms. The molecule has 0 unspecified atom stereocenters. The number of anilines is 3. The Morgan fingerprint density at radius 2 is 1.74 bits per heavy atom. The summed E-state index contributed by atoms with van der Waals surface area (Å²) < 4.78 is 0.702. The van der Waals surface area contributed by atoms with Gasteiger partial charge in [-0.2, -0.15) is 0 Å². The fraction of sp³-hybridized carbons (Fsp3) is 0.517. The molecule has 3 aliphatic rings. The maximum atomic E-state index is 13.3. The molecular formula is C29H34BrClN6O3S2. The lowest BCUT2D eigenvalue weighted by Crippen LogP contribution is -2.50. The summed E-state index contributed by atoms with van der Waals surface area (Å²) in [7, 11) is 0. The van der Waals surface area contributed by atoms with Gasteiger partial charge in [0.25, 0.3) is 5.91 Å². The zero-order valence-corrected chi connectivity index (χ0v) is 27.2. The summed E-state index contributed by atoms with van der Waals surface area (Å²) in [5, 5.41) is 16.5. The molecule has 2 N–H and O–H groups in total. The van der Waals surface area contributed by atoms with E-state index in [-0.39, 0.29) is 11.8 Å². The Labute approximate surface area is 267 Å². The molecule has 1 amide bonds. The number of carboxylic acids is 1. The Balaban J connectivity index is 1.16. The molecule has 0 aromatic carbocycles. The van der Waals surface area contributed by atoms with Crippen LogP contribution >= 0.6 is 50.2 Å². The highest BCUT2D eigenvalue weighted by Crippen LogP contribution is 2.42. The van der Waals surface area contributed by atoms with Crippen LogP contribution in [-0.4, -0.2) is 77.2 Å². The maximum Gasteiger partial charge on any atom is 0.306 e. The molecule has 3 aromatic heterocycles. The van der Waals surface area contributed by atoms with Crippen molar-refractivity contribution >= 4 is 78.0 Å². The molecule has 224 valence electrons. The molecule has 0 atom stereocenters. The Morgan fingerprint density at radius 1 is 1.00 bits per heavy atom. The number of hydrogen-bond acceptors (Lipinski definition) is 9. The monoisotopic (exact) mass is 692 g/mol. The molecule has 0 radical (unpaired) electrons. The summed E-state index contributed by atoms with van der Waals surface area (Å²) in [5.74, 6) is -0.621. The number of carbonyl (C=O) groups excluding carboxylic acids is 1. The largest absolute Gasteiger partial charge is 0.481 e. The predicted octanol–water partition coefficient (Wildman–Crippen LogP) is 6.69. The summed E-state index contributed by atoms with van der Waals surface area (Å²) in [6.45, 7) is 5.16. The Morgan fingerprint density at radius 3 is 2.38 bits per heavy atom. The molecule has 2 aliphatic heterocycles. The first kappa shape index (κ1) is 29.8. The van der Waals surface area contributed by atoms with E-state index in [2.05, 4.69) is 40.9 Å². The third kappa shape index (κ3) is 6.62. The van der Waals surface area contributed by atoms with Crippen LogP contribution in [0.25, 0.3) is 10.6 Å². The molecule has 42 heavy (non-hydrogen) atoms. The molecular weight excluding hydrogens is 660 g/mol.